The maximum absolute atomic E-state index is 13.8. The molecule has 4 aliphatic heterocycles. The zero-order valence-electron chi connectivity index (χ0n) is 29.5. The first-order valence-electron chi connectivity index (χ1n) is 20.0. The molecule has 12 rings (SSSR count). The smallest absolute Gasteiger partial charge is 0.482 e. The minimum Gasteiger partial charge on any atom is -0.482 e. The number of likely N-dealkylation sites (tertiary alicyclic amines) is 2. The predicted octanol–water partition coefficient (Wildman–Crippen LogP) is 3.11. The molecule has 11 nitrogen and oxygen atoms in total. The van der Waals surface area contributed by atoms with Crippen LogP contribution in [0, 0.1) is 11.8 Å². The van der Waals surface area contributed by atoms with Crippen molar-refractivity contribution < 1.29 is 44.2 Å². The van der Waals surface area contributed by atoms with Gasteiger partial charge in [0, 0.05) is 36.3 Å². The molecule has 0 amide bonds. The highest BCUT2D eigenvalue weighted by atomic mass is 16.7. The summed E-state index contributed by atoms with van der Waals surface area (Å²) >= 11 is 0. The van der Waals surface area contributed by atoms with Crippen LogP contribution in [0.5, 0.6) is 23.0 Å². The van der Waals surface area contributed by atoms with E-state index in [-0.39, 0.29) is 23.6 Å². The fourth-order valence-corrected chi connectivity index (χ4v) is 13.3. The van der Waals surface area contributed by atoms with E-state index in [0.29, 0.717) is 74.7 Å². The van der Waals surface area contributed by atoms with Crippen molar-refractivity contribution in [2.45, 2.75) is 136 Å². The average molecular weight is 713 g/mol. The number of carbonyl (C=O) groups is 1. The summed E-state index contributed by atoms with van der Waals surface area (Å²) < 4.78 is 25.1. The fraction of sp³-hybridized carbons (Fsp3) is 0.683. The summed E-state index contributed by atoms with van der Waals surface area (Å²) in [5.74, 6) is 2.66. The number of aliphatic hydroxyl groups excluding tert-OH is 2. The van der Waals surface area contributed by atoms with E-state index in [1.165, 1.54) is 25.7 Å². The highest BCUT2D eigenvalue weighted by Crippen LogP contribution is 2.67. The monoisotopic (exact) mass is 712 g/mol. The Labute approximate surface area is 302 Å². The van der Waals surface area contributed by atoms with Crippen LogP contribution in [0.2, 0.25) is 0 Å². The van der Waals surface area contributed by atoms with Crippen molar-refractivity contribution in [3.8, 4) is 23.0 Å². The third-order valence-electron chi connectivity index (χ3n) is 15.8. The van der Waals surface area contributed by atoms with E-state index in [1.807, 2.05) is 12.1 Å². The molecule has 6 fully saturated rings. The minimum atomic E-state index is -1.05. The van der Waals surface area contributed by atoms with Crippen LogP contribution in [0.3, 0.4) is 0 Å². The molecule has 1 unspecified atom stereocenters. The Balaban J connectivity index is 0.876. The molecular weight excluding hydrogens is 664 g/mol. The van der Waals surface area contributed by atoms with Crippen LogP contribution in [0.1, 0.15) is 86.5 Å². The van der Waals surface area contributed by atoms with Gasteiger partial charge in [-0.25, -0.2) is 4.79 Å². The van der Waals surface area contributed by atoms with Gasteiger partial charge in [0.25, 0.3) is 0 Å². The molecule has 2 saturated heterocycles. The van der Waals surface area contributed by atoms with E-state index >= 15 is 0 Å². The standard InChI is InChI=1S/C41H48N2O9/c44-25-9-11-40(47)29-17-23-5-7-27(33-31(23)38(40,35(25)51-33)13-15-42(29)19-21-1-2-21)49-37(46)50-28-8-6-24-18-30-41(48)12-10-26(45)36-39(41,32(24)34(28)52-36)14-16-43(30)20-22-3-4-22/h5-8,21-22,25-26,29-30,35-36,44-45,47-48H,1-4,9-20H2/t25-,26-,29-,30?,35+,36+,38+,39+,40-,41-/m1/s1. The summed E-state index contributed by atoms with van der Waals surface area (Å²) in [5, 5.41) is 48.0. The molecule has 11 heteroatoms. The van der Waals surface area contributed by atoms with Crippen molar-refractivity contribution >= 4 is 6.16 Å². The molecular formula is C41H48N2O9. The van der Waals surface area contributed by atoms with Crippen molar-refractivity contribution in [2.75, 3.05) is 26.2 Å². The second-order valence-electron chi connectivity index (χ2n) is 18.2. The lowest BCUT2D eigenvalue weighted by atomic mass is 9.48. The molecule has 0 radical (unpaired) electrons. The third-order valence-corrected chi connectivity index (χ3v) is 15.8. The topological polar surface area (TPSA) is 141 Å². The maximum atomic E-state index is 13.8. The Morgan fingerprint density at radius 2 is 1.12 bits per heavy atom. The lowest BCUT2D eigenvalue weighted by Crippen LogP contribution is -2.77. The SMILES string of the molecule is O=C(Oc1ccc2c3c1O[C@H]1[C@H](O)CC[C@@]4(O)C(C2)N(CC2CC2)CC[C@]314)Oc1ccc2c3c1O[C@H]1[C@H](O)CC[C@@]4(O)[C@@H](C2)N(CC2CC2)CC[C@]314. The average Bonchev–Trinajstić information content (AvgIpc) is 4.05. The first-order valence-corrected chi connectivity index (χ1v) is 20.0. The normalized spacial score (nSPS) is 43.2. The number of piperidine rings is 2. The van der Waals surface area contributed by atoms with Crippen LogP contribution in [-0.4, -0.2) is 110 Å². The lowest BCUT2D eigenvalue weighted by molar-refractivity contribution is -0.208. The van der Waals surface area contributed by atoms with E-state index in [1.54, 1.807) is 12.1 Å². The van der Waals surface area contributed by atoms with E-state index in [4.69, 9.17) is 18.9 Å². The number of aliphatic hydroxyl groups is 4. The molecule has 4 N–H and O–H groups in total. The Kier molecular flexibility index (Phi) is 6.18. The number of carbonyl (C=O) groups excluding carboxylic acids is 1. The van der Waals surface area contributed by atoms with Crippen LogP contribution in [0.15, 0.2) is 24.3 Å². The first-order chi connectivity index (χ1) is 25.1. The molecule has 2 aromatic carbocycles. The number of benzene rings is 2. The summed E-state index contributed by atoms with van der Waals surface area (Å²) in [6.07, 6.45) is 5.88. The van der Waals surface area contributed by atoms with Gasteiger partial charge in [-0.15, -0.1) is 0 Å². The summed E-state index contributed by atoms with van der Waals surface area (Å²) in [7, 11) is 0. The third kappa shape index (κ3) is 3.76. The van der Waals surface area contributed by atoms with Crippen LogP contribution in [0.4, 0.5) is 4.79 Å². The Morgan fingerprint density at radius 3 is 1.54 bits per heavy atom. The molecule has 6 aliphatic carbocycles. The zero-order chi connectivity index (χ0) is 34.9. The zero-order valence-corrected chi connectivity index (χ0v) is 29.5. The Bertz CT molecular complexity index is 1780. The lowest BCUT2D eigenvalue weighted by Gasteiger charge is -2.63. The molecule has 4 saturated carbocycles. The number of ether oxygens (including phenoxy) is 4. The second-order valence-corrected chi connectivity index (χ2v) is 18.2. The molecule has 2 aromatic rings. The van der Waals surface area contributed by atoms with Gasteiger partial charge in [-0.05, 0) is 125 Å². The second kappa shape index (κ2) is 10.2. The van der Waals surface area contributed by atoms with Crippen molar-refractivity contribution in [3.05, 3.63) is 46.5 Å². The van der Waals surface area contributed by atoms with Gasteiger partial charge in [-0.2, -0.15) is 0 Å². The van der Waals surface area contributed by atoms with Crippen molar-refractivity contribution in [2.24, 2.45) is 11.8 Å². The highest BCUT2D eigenvalue weighted by Gasteiger charge is 2.74. The fourth-order valence-electron chi connectivity index (χ4n) is 13.3. The number of hydrogen-bond donors (Lipinski definition) is 4. The van der Waals surface area contributed by atoms with E-state index in [9.17, 15) is 25.2 Å². The Hall–Kier alpha value is -2.93. The highest BCUT2D eigenvalue weighted by molar-refractivity contribution is 5.74. The van der Waals surface area contributed by atoms with Gasteiger partial charge in [-0.1, -0.05) is 12.1 Å². The van der Waals surface area contributed by atoms with Crippen molar-refractivity contribution in [1.82, 2.24) is 9.80 Å². The van der Waals surface area contributed by atoms with E-state index < -0.39 is 52.6 Å². The van der Waals surface area contributed by atoms with Gasteiger partial charge in [-0.3, -0.25) is 9.80 Å². The van der Waals surface area contributed by atoms with Crippen LogP contribution >= 0.6 is 0 Å². The van der Waals surface area contributed by atoms with E-state index in [2.05, 4.69) is 9.80 Å². The maximum Gasteiger partial charge on any atom is 0.519 e. The molecule has 2 spiro atoms. The first kappa shape index (κ1) is 31.4. The molecule has 10 atom stereocenters. The molecule has 0 aromatic heterocycles. The number of rotatable bonds is 6. The van der Waals surface area contributed by atoms with Crippen LogP contribution < -0.4 is 18.9 Å². The summed E-state index contributed by atoms with van der Waals surface area (Å²) in [6.45, 7) is 3.66. The number of nitrogens with zero attached hydrogens (tertiary/aromatic N) is 2. The van der Waals surface area contributed by atoms with Gasteiger partial charge in [0.15, 0.2) is 23.0 Å². The van der Waals surface area contributed by atoms with E-state index in [0.717, 1.165) is 48.4 Å². The van der Waals surface area contributed by atoms with Gasteiger partial charge in [0.05, 0.1) is 34.2 Å². The minimum absolute atomic E-state index is 0.0485. The molecule has 4 heterocycles. The summed E-state index contributed by atoms with van der Waals surface area (Å²) in [4.78, 5) is 18.7. The van der Waals surface area contributed by atoms with Crippen molar-refractivity contribution in [1.29, 1.82) is 0 Å². The van der Waals surface area contributed by atoms with Crippen LogP contribution in [-0.2, 0) is 23.7 Å². The summed E-state index contributed by atoms with van der Waals surface area (Å²) in [5.41, 5.74) is 0.241. The largest absolute Gasteiger partial charge is 0.519 e. The predicted molar refractivity (Wildman–Crippen MR) is 185 cm³/mol. The van der Waals surface area contributed by atoms with Gasteiger partial charge < -0.3 is 39.4 Å². The van der Waals surface area contributed by atoms with Crippen molar-refractivity contribution in [3.63, 3.8) is 0 Å². The quantitative estimate of drug-likeness (QED) is 0.260. The number of hydrogen-bond acceptors (Lipinski definition) is 11. The van der Waals surface area contributed by atoms with Crippen LogP contribution in [0.25, 0.3) is 0 Å². The molecule has 4 bridgehead atoms. The van der Waals surface area contributed by atoms with Gasteiger partial charge in [0.2, 0.25) is 0 Å². The van der Waals surface area contributed by atoms with Gasteiger partial charge in [0.1, 0.15) is 12.2 Å². The molecule has 52 heavy (non-hydrogen) atoms. The van der Waals surface area contributed by atoms with Gasteiger partial charge >= 0.3 is 6.16 Å². The summed E-state index contributed by atoms with van der Waals surface area (Å²) in [6, 6.07) is 7.39. The molecule has 10 aliphatic rings. The molecule has 276 valence electrons. The Morgan fingerprint density at radius 1 is 0.673 bits per heavy atom.